The first-order valence-corrected chi connectivity index (χ1v) is 8.52. The molecule has 3 heterocycles. The number of benzene rings is 1. The number of likely N-dealkylation sites (tertiary alicyclic amines) is 1. The van der Waals surface area contributed by atoms with E-state index in [1.165, 1.54) is 18.4 Å². The number of hydrogen-bond donors (Lipinski definition) is 1. The number of hydrogen-bond acceptors (Lipinski definition) is 4. The molecule has 5 nitrogen and oxygen atoms in total. The van der Waals surface area contributed by atoms with Gasteiger partial charge in [0.2, 0.25) is 0 Å². The van der Waals surface area contributed by atoms with Gasteiger partial charge in [-0.15, -0.1) is 0 Å². The van der Waals surface area contributed by atoms with Gasteiger partial charge in [-0.25, -0.2) is 4.98 Å². The smallest absolute Gasteiger partial charge is 0.155 e. The number of aromatic nitrogens is 3. The first kappa shape index (κ1) is 15.1. The molecule has 2 aromatic heterocycles. The van der Waals surface area contributed by atoms with Crippen LogP contribution in [0.4, 0.5) is 0 Å². The van der Waals surface area contributed by atoms with E-state index in [0.29, 0.717) is 5.92 Å². The minimum Gasteiger partial charge on any atom is -0.464 e. The van der Waals surface area contributed by atoms with Crippen molar-refractivity contribution < 1.29 is 4.42 Å². The van der Waals surface area contributed by atoms with E-state index in [1.54, 1.807) is 6.26 Å². The molecule has 1 aromatic carbocycles. The molecule has 5 heteroatoms. The average Bonchev–Trinajstić information content (AvgIpc) is 3.28. The molecule has 0 spiro atoms. The van der Waals surface area contributed by atoms with Crippen LogP contribution in [0.1, 0.15) is 36.0 Å². The summed E-state index contributed by atoms with van der Waals surface area (Å²) in [6.07, 6.45) is 4.08. The van der Waals surface area contributed by atoms with E-state index < -0.39 is 0 Å². The molecule has 1 saturated heterocycles. The van der Waals surface area contributed by atoms with Crippen molar-refractivity contribution in [2.45, 2.75) is 32.2 Å². The maximum absolute atomic E-state index is 5.45. The fourth-order valence-electron chi connectivity index (χ4n) is 3.43. The van der Waals surface area contributed by atoms with E-state index in [-0.39, 0.29) is 0 Å². The summed E-state index contributed by atoms with van der Waals surface area (Å²) in [4.78, 5) is 7.01. The Kier molecular flexibility index (Phi) is 4.17. The number of rotatable bonds is 4. The number of piperidine rings is 1. The molecule has 4 rings (SSSR count). The van der Waals surface area contributed by atoms with E-state index in [0.717, 1.165) is 42.6 Å². The maximum Gasteiger partial charge on any atom is 0.155 e. The predicted octanol–water partition coefficient (Wildman–Crippen LogP) is 3.75. The third-order valence-electron chi connectivity index (χ3n) is 4.65. The van der Waals surface area contributed by atoms with E-state index >= 15 is 0 Å². The van der Waals surface area contributed by atoms with Gasteiger partial charge in [0.25, 0.3) is 0 Å². The lowest BCUT2D eigenvalue weighted by molar-refractivity contribution is 0.196. The third-order valence-corrected chi connectivity index (χ3v) is 4.65. The summed E-state index contributed by atoms with van der Waals surface area (Å²) in [6, 6.07) is 12.6. The Morgan fingerprint density at radius 1 is 1.25 bits per heavy atom. The number of nitrogens with one attached hydrogen (secondary N) is 1. The summed E-state index contributed by atoms with van der Waals surface area (Å²) in [6.45, 7) is 5.09. The summed E-state index contributed by atoms with van der Waals surface area (Å²) in [5.41, 5.74) is 2.45. The van der Waals surface area contributed by atoms with Crippen LogP contribution in [-0.4, -0.2) is 33.2 Å². The first-order valence-electron chi connectivity index (χ1n) is 8.52. The van der Waals surface area contributed by atoms with E-state index in [1.807, 2.05) is 19.1 Å². The van der Waals surface area contributed by atoms with Crippen molar-refractivity contribution in [3.63, 3.8) is 0 Å². The van der Waals surface area contributed by atoms with Crippen molar-refractivity contribution in [1.82, 2.24) is 20.1 Å². The second-order valence-electron chi connectivity index (χ2n) is 6.53. The van der Waals surface area contributed by atoms with Crippen LogP contribution in [0.5, 0.6) is 0 Å². The molecule has 1 aliphatic heterocycles. The van der Waals surface area contributed by atoms with Crippen LogP contribution in [0, 0.1) is 6.92 Å². The molecule has 3 aromatic rings. The topological polar surface area (TPSA) is 58.0 Å². The molecule has 0 saturated carbocycles. The van der Waals surface area contributed by atoms with Crippen LogP contribution in [0.15, 0.2) is 47.1 Å². The lowest BCUT2D eigenvalue weighted by Gasteiger charge is -2.31. The van der Waals surface area contributed by atoms with Gasteiger partial charge in [-0.2, -0.15) is 5.10 Å². The van der Waals surface area contributed by atoms with Gasteiger partial charge in [0.15, 0.2) is 5.82 Å². The predicted molar refractivity (Wildman–Crippen MR) is 92.5 cm³/mol. The monoisotopic (exact) mass is 322 g/mol. The molecule has 0 radical (unpaired) electrons. The van der Waals surface area contributed by atoms with E-state index in [2.05, 4.69) is 44.3 Å². The summed E-state index contributed by atoms with van der Waals surface area (Å²) in [5, 5.41) is 7.31. The molecule has 1 fully saturated rings. The Balaban J connectivity index is 1.41. The van der Waals surface area contributed by atoms with Crippen LogP contribution in [0.2, 0.25) is 0 Å². The van der Waals surface area contributed by atoms with E-state index in [4.69, 9.17) is 4.42 Å². The summed E-state index contributed by atoms with van der Waals surface area (Å²) >= 11 is 0. The number of nitrogens with zero attached hydrogens (tertiary/aromatic N) is 3. The normalized spacial score (nSPS) is 18.8. The Bertz CT molecular complexity index is 776. The van der Waals surface area contributed by atoms with Crippen LogP contribution in [0.25, 0.3) is 11.3 Å². The molecule has 1 atom stereocenters. The molecule has 1 unspecified atom stereocenters. The Hall–Kier alpha value is -2.40. The molecule has 0 aliphatic carbocycles. The molecular formula is C19H22N4O. The Morgan fingerprint density at radius 3 is 2.83 bits per heavy atom. The molecular weight excluding hydrogens is 300 g/mol. The highest BCUT2D eigenvalue weighted by Crippen LogP contribution is 2.26. The largest absolute Gasteiger partial charge is 0.464 e. The summed E-state index contributed by atoms with van der Waals surface area (Å²) in [7, 11) is 0. The van der Waals surface area contributed by atoms with Crippen molar-refractivity contribution >= 4 is 0 Å². The fraction of sp³-hybridized carbons (Fsp3) is 0.368. The van der Waals surface area contributed by atoms with Crippen LogP contribution < -0.4 is 0 Å². The first-order chi connectivity index (χ1) is 11.8. The van der Waals surface area contributed by atoms with Crippen LogP contribution in [0.3, 0.4) is 0 Å². The van der Waals surface area contributed by atoms with Crippen molar-refractivity contribution in [2.24, 2.45) is 0 Å². The fourth-order valence-corrected chi connectivity index (χ4v) is 3.43. The van der Waals surface area contributed by atoms with Crippen molar-refractivity contribution in [2.75, 3.05) is 13.1 Å². The van der Waals surface area contributed by atoms with Gasteiger partial charge in [0.1, 0.15) is 11.6 Å². The lowest BCUT2D eigenvalue weighted by atomic mass is 9.97. The highest BCUT2D eigenvalue weighted by Gasteiger charge is 2.24. The zero-order valence-electron chi connectivity index (χ0n) is 13.9. The van der Waals surface area contributed by atoms with Gasteiger partial charge in [0, 0.05) is 24.6 Å². The standard InChI is InChI=1S/C19H22N4O/c1-14-20-19(22-21-14)17-4-2-10-23(13-17)12-15-6-8-16(9-7-15)18-5-3-11-24-18/h3,5-9,11,17H,2,4,10,12-13H2,1H3,(H,20,21,22). The minimum atomic E-state index is 0.436. The molecule has 0 amide bonds. The third kappa shape index (κ3) is 3.26. The Labute approximate surface area is 141 Å². The Morgan fingerprint density at radius 2 is 2.12 bits per heavy atom. The second kappa shape index (κ2) is 6.61. The second-order valence-corrected chi connectivity index (χ2v) is 6.53. The SMILES string of the molecule is Cc1nc(C2CCCN(Cc3ccc(-c4ccco4)cc3)C2)n[nH]1. The molecule has 1 N–H and O–H groups in total. The van der Waals surface area contributed by atoms with Gasteiger partial charge in [-0.3, -0.25) is 10.00 Å². The van der Waals surface area contributed by atoms with Gasteiger partial charge in [-0.1, -0.05) is 24.3 Å². The number of H-pyrrole nitrogens is 1. The summed E-state index contributed by atoms with van der Waals surface area (Å²) in [5.74, 6) is 3.21. The zero-order valence-corrected chi connectivity index (χ0v) is 13.9. The van der Waals surface area contributed by atoms with Gasteiger partial charge < -0.3 is 4.42 Å². The highest BCUT2D eigenvalue weighted by molar-refractivity contribution is 5.57. The molecule has 124 valence electrons. The maximum atomic E-state index is 5.45. The minimum absolute atomic E-state index is 0.436. The highest BCUT2D eigenvalue weighted by atomic mass is 16.3. The van der Waals surface area contributed by atoms with Gasteiger partial charge in [0.05, 0.1) is 6.26 Å². The quantitative estimate of drug-likeness (QED) is 0.795. The molecule has 24 heavy (non-hydrogen) atoms. The van der Waals surface area contributed by atoms with Crippen molar-refractivity contribution in [3.8, 4) is 11.3 Å². The number of aryl methyl sites for hydroxylation is 1. The molecule has 0 bridgehead atoms. The van der Waals surface area contributed by atoms with Gasteiger partial charge in [-0.05, 0) is 44.0 Å². The van der Waals surface area contributed by atoms with E-state index in [9.17, 15) is 0 Å². The van der Waals surface area contributed by atoms with Crippen LogP contribution >= 0.6 is 0 Å². The zero-order chi connectivity index (χ0) is 16.4. The van der Waals surface area contributed by atoms with Gasteiger partial charge >= 0.3 is 0 Å². The number of furan rings is 1. The van der Waals surface area contributed by atoms with Crippen molar-refractivity contribution in [3.05, 3.63) is 59.9 Å². The average molecular weight is 322 g/mol. The lowest BCUT2D eigenvalue weighted by Crippen LogP contribution is -2.34. The van der Waals surface area contributed by atoms with Crippen LogP contribution in [-0.2, 0) is 6.54 Å². The number of aromatic amines is 1. The van der Waals surface area contributed by atoms with Crippen molar-refractivity contribution in [1.29, 1.82) is 0 Å². The molecule has 1 aliphatic rings. The summed E-state index contributed by atoms with van der Waals surface area (Å²) < 4.78 is 5.45.